The van der Waals surface area contributed by atoms with Crippen LogP contribution in [0.3, 0.4) is 0 Å². The standard InChI is InChI=1S/C20H19Cl2F3N2O3S/c1-12-16(21)3-2-4-18(12)26-19(28)13-7-9-27(10-8-13)31(29,30)14-5-6-17(22)15(11-14)20(23,24)25/h2-6,11,13H,7-10H2,1H3,(H,26,28). The van der Waals surface area contributed by atoms with Gasteiger partial charge in [-0.3, -0.25) is 4.79 Å². The Kier molecular flexibility index (Phi) is 6.90. The van der Waals surface area contributed by atoms with Crippen molar-refractivity contribution >= 4 is 44.8 Å². The SMILES string of the molecule is Cc1c(Cl)cccc1NC(=O)C1CCN(S(=O)(=O)c2ccc(Cl)c(C(F)(F)F)c2)CC1. The van der Waals surface area contributed by atoms with Gasteiger partial charge in [0.15, 0.2) is 0 Å². The molecule has 0 atom stereocenters. The molecule has 1 amide bonds. The van der Waals surface area contributed by atoms with Crippen LogP contribution in [-0.2, 0) is 21.0 Å². The van der Waals surface area contributed by atoms with E-state index in [1.807, 2.05) is 0 Å². The van der Waals surface area contributed by atoms with Crippen molar-refractivity contribution in [1.82, 2.24) is 4.31 Å². The largest absolute Gasteiger partial charge is 0.417 e. The second-order valence-electron chi connectivity index (χ2n) is 7.22. The molecule has 0 radical (unpaired) electrons. The maximum atomic E-state index is 13.1. The first kappa shape index (κ1) is 23.8. The fourth-order valence-corrected chi connectivity index (χ4v) is 5.26. The zero-order valence-corrected chi connectivity index (χ0v) is 18.7. The first-order valence-electron chi connectivity index (χ1n) is 9.34. The summed E-state index contributed by atoms with van der Waals surface area (Å²) < 4.78 is 66.0. The molecule has 0 bridgehead atoms. The zero-order chi connectivity index (χ0) is 23.0. The molecule has 168 valence electrons. The van der Waals surface area contributed by atoms with E-state index in [1.165, 1.54) is 0 Å². The van der Waals surface area contributed by atoms with Crippen LogP contribution in [-0.4, -0.2) is 31.7 Å². The molecule has 1 saturated heterocycles. The lowest BCUT2D eigenvalue weighted by molar-refractivity contribution is -0.137. The van der Waals surface area contributed by atoms with Gasteiger partial charge in [0, 0.05) is 29.7 Å². The second-order valence-corrected chi connectivity index (χ2v) is 9.97. The summed E-state index contributed by atoms with van der Waals surface area (Å²) in [4.78, 5) is 12.1. The topological polar surface area (TPSA) is 66.5 Å². The number of nitrogens with one attached hydrogen (secondary N) is 1. The Morgan fingerprint density at radius 1 is 1.10 bits per heavy atom. The van der Waals surface area contributed by atoms with Gasteiger partial charge in [0.25, 0.3) is 0 Å². The molecule has 1 aliphatic rings. The van der Waals surface area contributed by atoms with Gasteiger partial charge >= 0.3 is 6.18 Å². The summed E-state index contributed by atoms with van der Waals surface area (Å²) in [6, 6.07) is 7.65. The molecule has 31 heavy (non-hydrogen) atoms. The van der Waals surface area contributed by atoms with Crippen LogP contribution < -0.4 is 5.32 Å². The third-order valence-corrected chi connectivity index (χ3v) is 7.86. The van der Waals surface area contributed by atoms with E-state index in [0.717, 1.165) is 22.0 Å². The minimum absolute atomic E-state index is 0.0128. The van der Waals surface area contributed by atoms with Crippen LogP contribution in [0, 0.1) is 12.8 Å². The number of anilines is 1. The van der Waals surface area contributed by atoms with Gasteiger partial charge in [0.1, 0.15) is 0 Å². The molecule has 0 unspecified atom stereocenters. The summed E-state index contributed by atoms with van der Waals surface area (Å²) in [5.41, 5.74) is 0.0931. The molecule has 2 aromatic rings. The van der Waals surface area contributed by atoms with Gasteiger partial charge in [0.2, 0.25) is 15.9 Å². The molecule has 5 nitrogen and oxygen atoms in total. The number of benzene rings is 2. The van der Waals surface area contributed by atoms with Crippen molar-refractivity contribution in [2.45, 2.75) is 30.8 Å². The number of carbonyl (C=O) groups is 1. The highest BCUT2D eigenvalue weighted by Crippen LogP contribution is 2.37. The van der Waals surface area contributed by atoms with Gasteiger partial charge in [-0.05, 0) is 55.7 Å². The van der Waals surface area contributed by atoms with Crippen LogP contribution in [0.2, 0.25) is 10.0 Å². The summed E-state index contributed by atoms with van der Waals surface area (Å²) in [5.74, 6) is -0.686. The minimum atomic E-state index is -4.77. The van der Waals surface area contributed by atoms with E-state index in [0.29, 0.717) is 16.8 Å². The molecule has 1 fully saturated rings. The number of sulfonamides is 1. The van der Waals surface area contributed by atoms with Gasteiger partial charge in [0.05, 0.1) is 15.5 Å². The van der Waals surface area contributed by atoms with Crippen molar-refractivity contribution in [1.29, 1.82) is 0 Å². The number of nitrogens with zero attached hydrogens (tertiary/aromatic N) is 1. The highest BCUT2D eigenvalue weighted by molar-refractivity contribution is 7.89. The van der Waals surface area contributed by atoms with E-state index >= 15 is 0 Å². The highest BCUT2D eigenvalue weighted by Gasteiger charge is 2.37. The number of hydrogen-bond acceptors (Lipinski definition) is 3. The third-order valence-electron chi connectivity index (χ3n) is 5.23. The minimum Gasteiger partial charge on any atom is -0.326 e. The van der Waals surface area contributed by atoms with Gasteiger partial charge in [-0.1, -0.05) is 29.3 Å². The van der Waals surface area contributed by atoms with Gasteiger partial charge in [-0.25, -0.2) is 8.42 Å². The fourth-order valence-electron chi connectivity index (χ4n) is 3.37. The van der Waals surface area contributed by atoms with Crippen LogP contribution in [0.5, 0.6) is 0 Å². The molecule has 0 aromatic heterocycles. The van der Waals surface area contributed by atoms with Crippen molar-refractivity contribution in [3.05, 3.63) is 57.6 Å². The summed E-state index contributed by atoms with van der Waals surface area (Å²) in [7, 11) is -4.16. The van der Waals surface area contributed by atoms with Crippen LogP contribution >= 0.6 is 23.2 Å². The Hall–Kier alpha value is -1.81. The molecule has 1 N–H and O–H groups in total. The normalized spacial score (nSPS) is 16.3. The number of hydrogen-bond donors (Lipinski definition) is 1. The molecule has 0 saturated carbocycles. The number of alkyl halides is 3. The van der Waals surface area contributed by atoms with E-state index in [9.17, 15) is 26.4 Å². The Bertz CT molecular complexity index is 1100. The lowest BCUT2D eigenvalue weighted by Crippen LogP contribution is -2.41. The highest BCUT2D eigenvalue weighted by atomic mass is 35.5. The molecular weight excluding hydrogens is 476 g/mol. The number of carbonyl (C=O) groups excluding carboxylic acids is 1. The maximum Gasteiger partial charge on any atom is 0.417 e. The predicted octanol–water partition coefficient (Wildman–Crippen LogP) is 5.36. The lowest BCUT2D eigenvalue weighted by Gasteiger charge is -2.30. The molecule has 0 aliphatic carbocycles. The van der Waals surface area contributed by atoms with Gasteiger partial charge in [-0.2, -0.15) is 17.5 Å². The number of amides is 1. The van der Waals surface area contributed by atoms with E-state index < -0.39 is 37.6 Å². The predicted molar refractivity (Wildman–Crippen MR) is 113 cm³/mol. The quantitative estimate of drug-likeness (QED) is 0.621. The Labute approximate surface area is 188 Å². The van der Waals surface area contributed by atoms with Crippen LogP contribution in [0.25, 0.3) is 0 Å². The van der Waals surface area contributed by atoms with Crippen molar-refractivity contribution in [2.24, 2.45) is 5.92 Å². The third kappa shape index (κ3) is 5.16. The maximum absolute atomic E-state index is 13.1. The molecule has 0 spiro atoms. The van der Waals surface area contributed by atoms with Crippen molar-refractivity contribution in [3.8, 4) is 0 Å². The van der Waals surface area contributed by atoms with Crippen molar-refractivity contribution in [2.75, 3.05) is 18.4 Å². The molecule has 1 aliphatic heterocycles. The molecule has 11 heteroatoms. The summed E-state index contributed by atoms with van der Waals surface area (Å²) in [6.45, 7) is 1.80. The van der Waals surface area contributed by atoms with Crippen LogP contribution in [0.15, 0.2) is 41.3 Å². The Morgan fingerprint density at radius 3 is 2.35 bits per heavy atom. The van der Waals surface area contributed by atoms with E-state index in [2.05, 4.69) is 5.32 Å². The summed E-state index contributed by atoms with van der Waals surface area (Å²) in [6.07, 6.45) is -4.29. The summed E-state index contributed by atoms with van der Waals surface area (Å²) in [5, 5.41) is 2.75. The first-order chi connectivity index (χ1) is 14.4. The molecule has 2 aromatic carbocycles. The Balaban J connectivity index is 1.70. The average molecular weight is 495 g/mol. The van der Waals surface area contributed by atoms with Crippen molar-refractivity contribution in [3.63, 3.8) is 0 Å². The molecule has 1 heterocycles. The smallest absolute Gasteiger partial charge is 0.326 e. The monoisotopic (exact) mass is 494 g/mol. The van der Waals surface area contributed by atoms with Crippen molar-refractivity contribution < 1.29 is 26.4 Å². The Morgan fingerprint density at radius 2 is 1.74 bits per heavy atom. The zero-order valence-electron chi connectivity index (χ0n) is 16.3. The fraction of sp³-hybridized carbons (Fsp3) is 0.350. The van der Waals surface area contributed by atoms with Gasteiger partial charge in [-0.15, -0.1) is 0 Å². The van der Waals surface area contributed by atoms with Crippen LogP contribution in [0.4, 0.5) is 18.9 Å². The number of piperidine rings is 1. The van der Waals surface area contributed by atoms with Gasteiger partial charge < -0.3 is 5.32 Å². The number of halogens is 5. The molecule has 3 rings (SSSR count). The molecular formula is C20H19Cl2F3N2O3S. The van der Waals surface area contributed by atoms with E-state index in [1.54, 1.807) is 25.1 Å². The van der Waals surface area contributed by atoms with Crippen LogP contribution in [0.1, 0.15) is 24.0 Å². The number of rotatable bonds is 4. The average Bonchev–Trinajstić information content (AvgIpc) is 2.70. The first-order valence-corrected chi connectivity index (χ1v) is 11.5. The van der Waals surface area contributed by atoms with E-state index in [-0.39, 0.29) is 31.8 Å². The lowest BCUT2D eigenvalue weighted by atomic mass is 9.97. The van der Waals surface area contributed by atoms with E-state index in [4.69, 9.17) is 23.2 Å². The second kappa shape index (κ2) is 8.97. The summed E-state index contributed by atoms with van der Waals surface area (Å²) >= 11 is 11.6.